The van der Waals surface area contributed by atoms with Gasteiger partial charge in [0.1, 0.15) is 5.69 Å². The summed E-state index contributed by atoms with van der Waals surface area (Å²) >= 11 is 0. The molecule has 6 heteroatoms. The summed E-state index contributed by atoms with van der Waals surface area (Å²) in [5.74, 6) is 0.0109. The second-order valence-electron chi connectivity index (χ2n) is 7.69. The minimum absolute atomic E-state index is 0.0109. The molecular formula is C23H33N5O. The molecule has 0 saturated carbocycles. The number of pyridine rings is 1. The first-order valence-corrected chi connectivity index (χ1v) is 10.7. The first kappa shape index (κ1) is 21.1. The van der Waals surface area contributed by atoms with Gasteiger partial charge < -0.3 is 20.0 Å². The average Bonchev–Trinajstić information content (AvgIpc) is 2.75. The molecule has 29 heavy (non-hydrogen) atoms. The summed E-state index contributed by atoms with van der Waals surface area (Å²) < 4.78 is 0. The van der Waals surface area contributed by atoms with Gasteiger partial charge >= 0.3 is 0 Å². The number of carbonyl (C=O) groups excluding carboxylic acids is 1. The Hall–Kier alpha value is -2.60. The summed E-state index contributed by atoms with van der Waals surface area (Å²) in [7, 11) is 2.17. The fraction of sp³-hybridized carbons (Fsp3) is 0.478. The zero-order valence-corrected chi connectivity index (χ0v) is 17.9. The summed E-state index contributed by atoms with van der Waals surface area (Å²) in [6.07, 6.45) is 3.64. The summed E-state index contributed by atoms with van der Waals surface area (Å²) in [5.41, 5.74) is 3.66. The quantitative estimate of drug-likeness (QED) is 0.736. The highest BCUT2D eigenvalue weighted by atomic mass is 16.2. The SMILES string of the molecule is CCCN(CCC)C(=O)c1ccc(Nc2ccc(N3CCN(C)CC3)cc2)cn1. The normalized spacial score (nSPS) is 14.7. The number of likely N-dealkylation sites (N-methyl/N-ethyl adjacent to an activating group) is 1. The Morgan fingerprint density at radius 1 is 0.966 bits per heavy atom. The standard InChI is InChI=1S/C23H33N5O/c1-4-12-28(13-5-2)23(29)22-11-8-20(18-24-22)25-19-6-9-21(10-7-19)27-16-14-26(3)15-17-27/h6-11,18,25H,4-5,12-17H2,1-3H3. The van der Waals surface area contributed by atoms with Gasteiger partial charge in [-0.15, -0.1) is 0 Å². The Morgan fingerprint density at radius 2 is 1.59 bits per heavy atom. The maximum absolute atomic E-state index is 12.6. The molecule has 1 aromatic carbocycles. The number of anilines is 3. The van der Waals surface area contributed by atoms with Crippen molar-refractivity contribution in [2.45, 2.75) is 26.7 Å². The van der Waals surface area contributed by atoms with Crippen LogP contribution in [0.15, 0.2) is 42.6 Å². The number of piperazine rings is 1. The second-order valence-corrected chi connectivity index (χ2v) is 7.69. The molecule has 2 aromatic rings. The van der Waals surface area contributed by atoms with Gasteiger partial charge in [0.05, 0.1) is 11.9 Å². The van der Waals surface area contributed by atoms with Crippen molar-refractivity contribution in [2.75, 3.05) is 56.5 Å². The molecule has 0 atom stereocenters. The van der Waals surface area contributed by atoms with Gasteiger partial charge in [-0.3, -0.25) is 4.79 Å². The van der Waals surface area contributed by atoms with E-state index in [-0.39, 0.29) is 5.91 Å². The monoisotopic (exact) mass is 395 g/mol. The number of benzene rings is 1. The van der Waals surface area contributed by atoms with Crippen LogP contribution in [0.3, 0.4) is 0 Å². The molecule has 1 saturated heterocycles. The predicted octanol–water partition coefficient (Wildman–Crippen LogP) is 3.84. The van der Waals surface area contributed by atoms with Gasteiger partial charge in [0.25, 0.3) is 5.91 Å². The van der Waals surface area contributed by atoms with Crippen molar-refractivity contribution in [3.63, 3.8) is 0 Å². The van der Waals surface area contributed by atoms with Crippen molar-refractivity contribution in [3.8, 4) is 0 Å². The number of amides is 1. The van der Waals surface area contributed by atoms with Crippen LogP contribution in [0.2, 0.25) is 0 Å². The molecule has 2 heterocycles. The fourth-order valence-corrected chi connectivity index (χ4v) is 3.60. The third kappa shape index (κ3) is 5.70. The molecule has 1 fully saturated rings. The topological polar surface area (TPSA) is 51.7 Å². The number of hydrogen-bond donors (Lipinski definition) is 1. The number of hydrogen-bond acceptors (Lipinski definition) is 5. The first-order valence-electron chi connectivity index (χ1n) is 10.7. The number of nitrogens with one attached hydrogen (secondary N) is 1. The van der Waals surface area contributed by atoms with Crippen molar-refractivity contribution in [1.82, 2.24) is 14.8 Å². The summed E-state index contributed by atoms with van der Waals surface area (Å²) in [6, 6.07) is 12.2. The molecule has 0 bridgehead atoms. The fourth-order valence-electron chi connectivity index (χ4n) is 3.60. The second kappa shape index (κ2) is 10.3. The summed E-state index contributed by atoms with van der Waals surface area (Å²) in [4.78, 5) is 23.7. The molecule has 1 aliphatic rings. The zero-order valence-electron chi connectivity index (χ0n) is 17.9. The van der Waals surface area contributed by atoms with E-state index in [2.05, 4.69) is 65.3 Å². The van der Waals surface area contributed by atoms with Gasteiger partial charge in [0.2, 0.25) is 0 Å². The van der Waals surface area contributed by atoms with E-state index in [1.54, 1.807) is 6.20 Å². The van der Waals surface area contributed by atoms with E-state index in [4.69, 9.17) is 0 Å². The Labute approximate surface area is 174 Å². The molecular weight excluding hydrogens is 362 g/mol. The highest BCUT2D eigenvalue weighted by Gasteiger charge is 2.16. The van der Waals surface area contributed by atoms with Crippen LogP contribution in [-0.2, 0) is 0 Å². The van der Waals surface area contributed by atoms with Crippen molar-refractivity contribution in [2.24, 2.45) is 0 Å². The lowest BCUT2D eigenvalue weighted by atomic mass is 10.2. The van der Waals surface area contributed by atoms with Gasteiger partial charge in [0.15, 0.2) is 0 Å². The molecule has 1 aliphatic heterocycles. The molecule has 0 radical (unpaired) electrons. The molecule has 0 aliphatic carbocycles. The van der Waals surface area contributed by atoms with Crippen LogP contribution in [0.5, 0.6) is 0 Å². The predicted molar refractivity (Wildman–Crippen MR) is 120 cm³/mol. The number of aromatic nitrogens is 1. The third-order valence-electron chi connectivity index (χ3n) is 5.28. The van der Waals surface area contributed by atoms with Crippen molar-refractivity contribution in [3.05, 3.63) is 48.3 Å². The lowest BCUT2D eigenvalue weighted by Crippen LogP contribution is -2.44. The first-order chi connectivity index (χ1) is 14.1. The van der Waals surface area contributed by atoms with Crippen LogP contribution < -0.4 is 10.2 Å². The van der Waals surface area contributed by atoms with Crippen LogP contribution in [-0.4, -0.2) is 67.0 Å². The Balaban J connectivity index is 1.60. The maximum atomic E-state index is 12.6. The molecule has 1 amide bonds. The van der Waals surface area contributed by atoms with Gasteiger partial charge in [-0.05, 0) is 56.3 Å². The summed E-state index contributed by atoms with van der Waals surface area (Å²) in [6.45, 7) is 10.1. The summed E-state index contributed by atoms with van der Waals surface area (Å²) in [5, 5.41) is 3.37. The Kier molecular flexibility index (Phi) is 7.47. The Bertz CT molecular complexity index is 761. The minimum atomic E-state index is 0.0109. The number of nitrogens with zero attached hydrogens (tertiary/aromatic N) is 4. The average molecular weight is 396 g/mol. The maximum Gasteiger partial charge on any atom is 0.272 e. The van der Waals surface area contributed by atoms with Crippen LogP contribution in [0, 0.1) is 0 Å². The van der Waals surface area contributed by atoms with Crippen molar-refractivity contribution in [1.29, 1.82) is 0 Å². The zero-order chi connectivity index (χ0) is 20.6. The van der Waals surface area contributed by atoms with Crippen molar-refractivity contribution >= 4 is 23.0 Å². The van der Waals surface area contributed by atoms with E-state index >= 15 is 0 Å². The van der Waals surface area contributed by atoms with E-state index in [0.29, 0.717) is 5.69 Å². The van der Waals surface area contributed by atoms with Crippen LogP contribution in [0.1, 0.15) is 37.2 Å². The van der Waals surface area contributed by atoms with E-state index in [9.17, 15) is 4.79 Å². The van der Waals surface area contributed by atoms with Gasteiger partial charge in [-0.1, -0.05) is 13.8 Å². The van der Waals surface area contributed by atoms with E-state index < -0.39 is 0 Å². The number of rotatable bonds is 8. The van der Waals surface area contributed by atoms with E-state index in [0.717, 1.165) is 63.5 Å². The lowest BCUT2D eigenvalue weighted by Gasteiger charge is -2.34. The van der Waals surface area contributed by atoms with Crippen LogP contribution in [0.25, 0.3) is 0 Å². The van der Waals surface area contributed by atoms with E-state index in [1.165, 1.54) is 5.69 Å². The minimum Gasteiger partial charge on any atom is -0.369 e. The van der Waals surface area contributed by atoms with Crippen LogP contribution >= 0.6 is 0 Å². The van der Waals surface area contributed by atoms with Gasteiger partial charge in [0, 0.05) is 50.6 Å². The lowest BCUT2D eigenvalue weighted by molar-refractivity contribution is 0.0749. The molecule has 1 N–H and O–H groups in total. The molecule has 6 nitrogen and oxygen atoms in total. The van der Waals surface area contributed by atoms with E-state index in [1.807, 2.05) is 17.0 Å². The van der Waals surface area contributed by atoms with Gasteiger partial charge in [-0.25, -0.2) is 4.98 Å². The smallest absolute Gasteiger partial charge is 0.272 e. The molecule has 0 spiro atoms. The molecule has 0 unspecified atom stereocenters. The molecule has 3 rings (SSSR count). The highest BCUT2D eigenvalue weighted by molar-refractivity contribution is 5.92. The highest BCUT2D eigenvalue weighted by Crippen LogP contribution is 2.22. The van der Waals surface area contributed by atoms with Crippen LogP contribution in [0.4, 0.5) is 17.1 Å². The Morgan fingerprint density at radius 3 is 2.14 bits per heavy atom. The number of carbonyl (C=O) groups is 1. The third-order valence-corrected chi connectivity index (χ3v) is 5.28. The molecule has 156 valence electrons. The van der Waals surface area contributed by atoms with Crippen molar-refractivity contribution < 1.29 is 4.79 Å². The largest absolute Gasteiger partial charge is 0.369 e. The molecule has 1 aromatic heterocycles. The van der Waals surface area contributed by atoms with Gasteiger partial charge in [-0.2, -0.15) is 0 Å².